The molecule has 2 aromatic carbocycles. The summed E-state index contributed by atoms with van der Waals surface area (Å²) in [5.74, 6) is -0.102. The lowest BCUT2D eigenvalue weighted by molar-refractivity contribution is 0.283. The minimum Gasteiger partial charge on any atom is -0.494 e. The topological polar surface area (TPSA) is 73.3 Å². The highest BCUT2D eigenvalue weighted by atomic mass is 19.1. The van der Waals surface area contributed by atoms with Crippen molar-refractivity contribution in [1.82, 2.24) is 9.55 Å². The molecule has 0 atom stereocenters. The fraction of sp³-hybridized carbons (Fsp3) is 0.227. The third kappa shape index (κ3) is 2.27. The van der Waals surface area contributed by atoms with Crippen LogP contribution in [0.25, 0.3) is 32.9 Å². The number of nitrogens with zero attached hydrogens (tertiary/aromatic N) is 2. The van der Waals surface area contributed by atoms with Gasteiger partial charge in [0.15, 0.2) is 11.6 Å². The molecule has 2 heterocycles. The van der Waals surface area contributed by atoms with Crippen molar-refractivity contribution in [1.29, 1.82) is 0 Å². The molecular weight excluding hydrogens is 357 g/mol. The first-order valence-corrected chi connectivity index (χ1v) is 9.34. The standard InChI is InChI=1S/C22H20FN3O2/c1-28-17-10-4-7-13(19(17)23)14-8-3-9-15-20(24)18-16(25-21(14)15)11-26(22(18)27)12-5-2-6-12/h3-4,7-12,27H,2,5-6,24H2,1H3. The Hall–Kier alpha value is -3.28. The number of para-hydroxylation sites is 1. The average molecular weight is 377 g/mol. The lowest BCUT2D eigenvalue weighted by atomic mass is 9.93. The zero-order valence-electron chi connectivity index (χ0n) is 15.4. The summed E-state index contributed by atoms with van der Waals surface area (Å²) < 4.78 is 21.9. The highest BCUT2D eigenvalue weighted by molar-refractivity contribution is 6.12. The molecule has 1 saturated carbocycles. The Morgan fingerprint density at radius 3 is 2.64 bits per heavy atom. The Labute approximate surface area is 161 Å². The summed E-state index contributed by atoms with van der Waals surface area (Å²) in [6.45, 7) is 0. The van der Waals surface area contributed by atoms with Gasteiger partial charge in [-0.15, -0.1) is 0 Å². The van der Waals surface area contributed by atoms with Crippen LogP contribution in [0.4, 0.5) is 10.1 Å². The van der Waals surface area contributed by atoms with E-state index < -0.39 is 5.82 Å². The molecule has 142 valence electrons. The lowest BCUT2D eigenvalue weighted by Gasteiger charge is -2.27. The number of nitrogens with two attached hydrogens (primary N) is 1. The fourth-order valence-corrected chi connectivity index (χ4v) is 4.02. The molecule has 1 aliphatic carbocycles. The van der Waals surface area contributed by atoms with Crippen LogP contribution in [-0.4, -0.2) is 21.8 Å². The van der Waals surface area contributed by atoms with Crippen LogP contribution in [0.5, 0.6) is 11.6 Å². The quantitative estimate of drug-likeness (QED) is 0.526. The number of aromatic nitrogens is 2. The minimum absolute atomic E-state index is 0.157. The average Bonchev–Trinajstić information content (AvgIpc) is 2.97. The molecule has 0 amide bonds. The first-order valence-electron chi connectivity index (χ1n) is 9.34. The monoisotopic (exact) mass is 377 g/mol. The Kier molecular flexibility index (Phi) is 3.69. The number of benzene rings is 2. The number of rotatable bonds is 3. The number of pyridine rings is 1. The van der Waals surface area contributed by atoms with Gasteiger partial charge in [-0.3, -0.25) is 0 Å². The van der Waals surface area contributed by atoms with Gasteiger partial charge in [-0.25, -0.2) is 9.37 Å². The summed E-state index contributed by atoms with van der Waals surface area (Å²) in [6, 6.07) is 10.8. The van der Waals surface area contributed by atoms with Gasteiger partial charge in [0.25, 0.3) is 0 Å². The number of halogens is 1. The summed E-state index contributed by atoms with van der Waals surface area (Å²) in [7, 11) is 1.44. The molecule has 4 aromatic rings. The van der Waals surface area contributed by atoms with Crippen LogP contribution in [0, 0.1) is 5.82 Å². The molecule has 0 radical (unpaired) electrons. The van der Waals surface area contributed by atoms with Crippen LogP contribution in [-0.2, 0) is 0 Å². The number of methoxy groups -OCH3 is 1. The normalized spacial score (nSPS) is 14.5. The third-order valence-electron chi connectivity index (χ3n) is 5.75. The number of ether oxygens (including phenoxy) is 1. The molecule has 3 N–H and O–H groups in total. The van der Waals surface area contributed by atoms with E-state index in [2.05, 4.69) is 0 Å². The van der Waals surface area contributed by atoms with Crippen molar-refractivity contribution in [3.8, 4) is 22.8 Å². The van der Waals surface area contributed by atoms with Crippen molar-refractivity contribution in [2.75, 3.05) is 12.8 Å². The molecule has 0 bridgehead atoms. The van der Waals surface area contributed by atoms with Crippen molar-refractivity contribution >= 4 is 27.5 Å². The molecule has 2 aromatic heterocycles. The first-order chi connectivity index (χ1) is 13.6. The molecule has 1 fully saturated rings. The van der Waals surface area contributed by atoms with Gasteiger partial charge in [0, 0.05) is 28.8 Å². The van der Waals surface area contributed by atoms with Crippen LogP contribution < -0.4 is 10.5 Å². The van der Waals surface area contributed by atoms with Gasteiger partial charge in [0.05, 0.1) is 29.2 Å². The van der Waals surface area contributed by atoms with E-state index in [0.29, 0.717) is 38.6 Å². The third-order valence-corrected chi connectivity index (χ3v) is 5.75. The molecule has 1 aliphatic rings. The SMILES string of the molecule is COc1cccc(-c2cccc3c(N)c4c(O)n(C5CCC5)cc4nc23)c1F. The van der Waals surface area contributed by atoms with Crippen molar-refractivity contribution in [2.45, 2.75) is 25.3 Å². The Bertz CT molecular complexity index is 1230. The zero-order valence-corrected chi connectivity index (χ0v) is 15.4. The maximum Gasteiger partial charge on any atom is 0.203 e. The maximum absolute atomic E-state index is 14.9. The van der Waals surface area contributed by atoms with Gasteiger partial charge in [-0.05, 0) is 25.3 Å². The van der Waals surface area contributed by atoms with Crippen LogP contribution in [0.15, 0.2) is 42.6 Å². The Balaban J connectivity index is 1.81. The summed E-state index contributed by atoms with van der Waals surface area (Å²) >= 11 is 0. The highest BCUT2D eigenvalue weighted by Crippen LogP contribution is 2.43. The van der Waals surface area contributed by atoms with Crippen LogP contribution in [0.3, 0.4) is 0 Å². The van der Waals surface area contributed by atoms with Gasteiger partial charge in [0.2, 0.25) is 5.88 Å². The summed E-state index contributed by atoms with van der Waals surface area (Å²) in [5.41, 5.74) is 9.15. The second-order valence-corrected chi connectivity index (χ2v) is 7.25. The van der Waals surface area contributed by atoms with Gasteiger partial charge in [-0.2, -0.15) is 0 Å². The molecule has 5 nitrogen and oxygen atoms in total. The van der Waals surface area contributed by atoms with Crippen LogP contribution >= 0.6 is 0 Å². The predicted octanol–water partition coefficient (Wildman–Crippen LogP) is 5.02. The number of hydrogen-bond acceptors (Lipinski definition) is 4. The van der Waals surface area contributed by atoms with Crippen LogP contribution in [0.2, 0.25) is 0 Å². The van der Waals surface area contributed by atoms with E-state index in [1.165, 1.54) is 7.11 Å². The van der Waals surface area contributed by atoms with E-state index in [4.69, 9.17) is 15.5 Å². The van der Waals surface area contributed by atoms with E-state index in [0.717, 1.165) is 19.3 Å². The van der Waals surface area contributed by atoms with E-state index >= 15 is 0 Å². The first kappa shape index (κ1) is 16.9. The van der Waals surface area contributed by atoms with Crippen molar-refractivity contribution in [2.24, 2.45) is 0 Å². The molecule has 0 aliphatic heterocycles. The lowest BCUT2D eigenvalue weighted by Crippen LogP contribution is -2.15. The summed E-state index contributed by atoms with van der Waals surface area (Å²) in [5, 5.41) is 12.0. The van der Waals surface area contributed by atoms with Gasteiger partial charge >= 0.3 is 0 Å². The predicted molar refractivity (Wildman–Crippen MR) is 108 cm³/mol. The zero-order chi connectivity index (χ0) is 19.4. The molecule has 5 rings (SSSR count). The smallest absolute Gasteiger partial charge is 0.203 e. The summed E-state index contributed by atoms with van der Waals surface area (Å²) in [4.78, 5) is 4.77. The highest BCUT2D eigenvalue weighted by Gasteiger charge is 2.25. The molecular formula is C22H20FN3O2. The fourth-order valence-electron chi connectivity index (χ4n) is 4.02. The van der Waals surface area contributed by atoms with E-state index in [9.17, 15) is 9.50 Å². The number of fused-ring (bicyclic) bond motifs is 2. The van der Waals surface area contributed by atoms with Gasteiger partial charge in [-0.1, -0.05) is 30.3 Å². The van der Waals surface area contributed by atoms with Crippen molar-refractivity contribution in [3.05, 3.63) is 48.4 Å². The second kappa shape index (κ2) is 6.12. The molecule has 28 heavy (non-hydrogen) atoms. The van der Waals surface area contributed by atoms with E-state index in [-0.39, 0.29) is 17.7 Å². The Morgan fingerprint density at radius 1 is 1.18 bits per heavy atom. The van der Waals surface area contributed by atoms with Gasteiger partial charge < -0.3 is 20.1 Å². The molecule has 0 saturated heterocycles. The van der Waals surface area contributed by atoms with E-state index in [1.54, 1.807) is 18.2 Å². The minimum atomic E-state index is -0.437. The van der Waals surface area contributed by atoms with E-state index in [1.807, 2.05) is 29.0 Å². The number of hydrogen-bond donors (Lipinski definition) is 2. The second-order valence-electron chi connectivity index (χ2n) is 7.25. The largest absolute Gasteiger partial charge is 0.494 e. The summed E-state index contributed by atoms with van der Waals surface area (Å²) in [6.07, 6.45) is 5.08. The molecule has 0 unspecified atom stereocenters. The van der Waals surface area contributed by atoms with Crippen molar-refractivity contribution in [3.63, 3.8) is 0 Å². The number of nitrogen functional groups attached to an aromatic ring is 1. The van der Waals surface area contributed by atoms with Crippen LogP contribution in [0.1, 0.15) is 25.3 Å². The maximum atomic E-state index is 14.9. The molecule has 6 heteroatoms. The van der Waals surface area contributed by atoms with Gasteiger partial charge in [0.1, 0.15) is 0 Å². The van der Waals surface area contributed by atoms with Crippen molar-refractivity contribution < 1.29 is 14.2 Å². The Morgan fingerprint density at radius 2 is 1.93 bits per heavy atom. The number of aromatic hydroxyl groups is 1. The molecule has 0 spiro atoms. The number of anilines is 1.